The van der Waals surface area contributed by atoms with Gasteiger partial charge in [-0.15, -0.1) is 0 Å². The number of hydrogen-bond donors (Lipinski definition) is 3. The Kier molecular flexibility index (Phi) is 10.6. The van der Waals surface area contributed by atoms with Crippen LogP contribution in [0.1, 0.15) is 34.8 Å². The second-order valence-corrected chi connectivity index (χ2v) is 12.3. The summed E-state index contributed by atoms with van der Waals surface area (Å²) in [5, 5.41) is 9.10. The fourth-order valence-corrected chi connectivity index (χ4v) is 6.09. The van der Waals surface area contributed by atoms with Crippen molar-refractivity contribution in [3.8, 4) is 16.9 Å². The number of amides is 1. The van der Waals surface area contributed by atoms with Crippen LogP contribution in [0, 0.1) is 5.82 Å². The lowest BCUT2D eigenvalue weighted by Gasteiger charge is -2.31. The van der Waals surface area contributed by atoms with Gasteiger partial charge in [-0.25, -0.2) is 14.8 Å². The summed E-state index contributed by atoms with van der Waals surface area (Å²) in [5.41, 5.74) is 9.14. The number of ether oxygens (including phenoxy) is 2. The number of benzene rings is 5. The Morgan fingerprint density at radius 1 is 0.833 bits per heavy atom. The van der Waals surface area contributed by atoms with Crippen molar-refractivity contribution >= 4 is 27.7 Å². The molecule has 0 saturated heterocycles. The number of nitrogens with one attached hydrogen (secondary N) is 2. The van der Waals surface area contributed by atoms with Crippen LogP contribution in [0.15, 0.2) is 137 Å². The zero-order chi connectivity index (χ0) is 33.3. The summed E-state index contributed by atoms with van der Waals surface area (Å²) in [7, 11) is 0. The molecule has 7 nitrogen and oxygen atoms in total. The Bertz CT molecular complexity index is 1870. The van der Waals surface area contributed by atoms with Crippen LogP contribution in [0.2, 0.25) is 0 Å². The van der Waals surface area contributed by atoms with Gasteiger partial charge in [-0.05, 0) is 58.7 Å². The predicted molar refractivity (Wildman–Crippen MR) is 188 cm³/mol. The van der Waals surface area contributed by atoms with Crippen LogP contribution < -0.4 is 15.6 Å². The molecular weight excluding hydrogens is 673 g/mol. The molecule has 5 aromatic rings. The molecule has 0 radical (unpaired) electrons. The number of nitrogens with zero attached hydrogens (tertiary/aromatic N) is 1. The Labute approximate surface area is 287 Å². The molecule has 0 saturated carbocycles. The molecule has 9 heteroatoms. The van der Waals surface area contributed by atoms with Crippen LogP contribution in [0.4, 0.5) is 4.39 Å². The number of hydrogen-bond acceptors (Lipinski definition) is 6. The van der Waals surface area contributed by atoms with Crippen molar-refractivity contribution in [2.45, 2.75) is 31.0 Å². The Balaban J connectivity index is 1.39. The summed E-state index contributed by atoms with van der Waals surface area (Å²) >= 11 is 3.67. The lowest BCUT2D eigenvalue weighted by atomic mass is 9.82. The van der Waals surface area contributed by atoms with Gasteiger partial charge in [0.15, 0.2) is 11.6 Å². The van der Waals surface area contributed by atoms with E-state index in [4.69, 9.17) is 19.6 Å². The summed E-state index contributed by atoms with van der Waals surface area (Å²) in [5.74, 6) is 0.163. The molecular formula is C39H35BrFN3O4. The first-order valence-electron chi connectivity index (χ1n) is 15.7. The van der Waals surface area contributed by atoms with Gasteiger partial charge in [-0.3, -0.25) is 10.2 Å². The highest BCUT2D eigenvalue weighted by molar-refractivity contribution is 9.10. The summed E-state index contributed by atoms with van der Waals surface area (Å²) < 4.78 is 27.6. The van der Waals surface area contributed by atoms with E-state index in [1.807, 2.05) is 103 Å². The van der Waals surface area contributed by atoms with E-state index in [9.17, 15) is 9.18 Å². The third-order valence-corrected chi connectivity index (χ3v) is 8.98. The number of carbonyl (C=O) groups excluding carboxylic acids is 1. The molecule has 1 heterocycles. The monoisotopic (exact) mass is 707 g/mol. The normalized spacial score (nSPS) is 17.0. The Hall–Kier alpha value is -4.83. The minimum absolute atomic E-state index is 0.0489. The maximum absolute atomic E-state index is 14.5. The van der Waals surface area contributed by atoms with Crippen LogP contribution >= 0.6 is 15.9 Å². The zero-order valence-electron chi connectivity index (χ0n) is 26.1. The van der Waals surface area contributed by atoms with E-state index < -0.39 is 17.6 Å². The highest BCUT2D eigenvalue weighted by Gasteiger charge is 2.53. The molecule has 0 bridgehead atoms. The summed E-state index contributed by atoms with van der Waals surface area (Å²) in [6.07, 6.45) is -0.0707. The van der Waals surface area contributed by atoms with Gasteiger partial charge < -0.3 is 14.6 Å². The second kappa shape index (κ2) is 15.4. The smallest absolute Gasteiger partial charge is 0.266 e. The van der Waals surface area contributed by atoms with Gasteiger partial charge in [0.25, 0.3) is 5.91 Å². The molecule has 6 rings (SSSR count). The van der Waals surface area contributed by atoms with Crippen molar-refractivity contribution in [1.82, 2.24) is 10.9 Å². The molecule has 0 aromatic heterocycles. The van der Waals surface area contributed by atoms with Gasteiger partial charge in [0.1, 0.15) is 11.6 Å². The lowest BCUT2D eigenvalue weighted by molar-refractivity contribution is -0.130. The predicted octanol–water partition coefficient (Wildman–Crippen LogP) is 7.34. The maximum atomic E-state index is 14.5. The number of aliphatic imine (C=N–C) groups is 1. The van der Waals surface area contributed by atoms with E-state index in [-0.39, 0.29) is 25.4 Å². The molecule has 244 valence electrons. The molecule has 5 aromatic carbocycles. The molecule has 2 atom stereocenters. The molecule has 3 N–H and O–H groups in total. The first-order valence-corrected chi connectivity index (χ1v) is 16.5. The van der Waals surface area contributed by atoms with E-state index in [2.05, 4.69) is 26.8 Å². The highest BCUT2D eigenvalue weighted by Crippen LogP contribution is 2.43. The fraction of sp³-hybridized carbons (Fsp3) is 0.179. The van der Waals surface area contributed by atoms with E-state index in [1.165, 1.54) is 6.07 Å². The maximum Gasteiger partial charge on any atom is 0.266 e. The third-order valence-electron chi connectivity index (χ3n) is 8.21. The Morgan fingerprint density at radius 3 is 2.19 bits per heavy atom. The average molecular weight is 709 g/mol. The SMILES string of the molecule is O=C(NNCc1ccccc1F)[C@@]1(Cc2ccccc2Br)N=C(c2ccc(OCCCO)cc2)O[C@H]1c1ccc(-c2ccccc2)cc1. The van der Waals surface area contributed by atoms with Crippen molar-refractivity contribution in [2.24, 2.45) is 4.99 Å². The topological polar surface area (TPSA) is 92.2 Å². The standard InChI is InChI=1S/C39H35BrFN3O4/c40-34-13-6-4-11-31(34)25-39(38(46)44-42-26-32-12-5-7-14-35(32)41)36(29-17-15-28(16-18-29)27-9-2-1-3-10-27)48-37(43-39)30-19-21-33(22-20-30)47-24-8-23-45/h1-7,9-22,36,42,45H,8,23-26H2,(H,44,46)/t36-,39-/m0/s1. The van der Waals surface area contributed by atoms with Crippen LogP contribution in [-0.2, 0) is 22.5 Å². The Morgan fingerprint density at radius 2 is 1.48 bits per heavy atom. The van der Waals surface area contributed by atoms with Gasteiger partial charge in [0.05, 0.1) is 6.61 Å². The lowest BCUT2D eigenvalue weighted by Crippen LogP contribution is -2.53. The minimum atomic E-state index is -1.45. The number of aliphatic hydroxyl groups is 1. The third kappa shape index (κ3) is 7.49. The summed E-state index contributed by atoms with van der Waals surface area (Å²) in [6.45, 7) is 0.520. The van der Waals surface area contributed by atoms with Gasteiger partial charge in [-0.1, -0.05) is 107 Å². The van der Waals surface area contributed by atoms with Gasteiger partial charge in [-0.2, -0.15) is 0 Å². The fourth-order valence-electron chi connectivity index (χ4n) is 5.67. The first kappa shape index (κ1) is 33.1. The van der Waals surface area contributed by atoms with Crippen molar-refractivity contribution in [3.05, 3.63) is 160 Å². The molecule has 1 aliphatic rings. The molecule has 1 aliphatic heterocycles. The zero-order valence-corrected chi connectivity index (χ0v) is 27.7. The number of rotatable bonds is 13. The van der Waals surface area contributed by atoms with E-state index in [1.54, 1.807) is 18.2 Å². The molecule has 0 unspecified atom stereocenters. The number of carbonyl (C=O) groups is 1. The van der Waals surface area contributed by atoms with Gasteiger partial charge >= 0.3 is 0 Å². The van der Waals surface area contributed by atoms with E-state index in [0.29, 0.717) is 35.8 Å². The van der Waals surface area contributed by atoms with Crippen LogP contribution in [0.3, 0.4) is 0 Å². The van der Waals surface area contributed by atoms with Gasteiger partial charge in [0.2, 0.25) is 5.90 Å². The summed E-state index contributed by atoms with van der Waals surface area (Å²) in [6, 6.07) is 39.5. The van der Waals surface area contributed by atoms with Crippen molar-refractivity contribution in [2.75, 3.05) is 13.2 Å². The number of halogens is 2. The highest BCUT2D eigenvalue weighted by atomic mass is 79.9. The van der Waals surface area contributed by atoms with E-state index >= 15 is 0 Å². The number of hydrazine groups is 1. The average Bonchev–Trinajstić information content (AvgIpc) is 3.51. The van der Waals surface area contributed by atoms with Crippen molar-refractivity contribution < 1.29 is 23.8 Å². The second-order valence-electron chi connectivity index (χ2n) is 11.4. The molecule has 48 heavy (non-hydrogen) atoms. The molecule has 0 spiro atoms. The quantitative estimate of drug-likeness (QED) is 0.0880. The summed E-state index contributed by atoms with van der Waals surface area (Å²) in [4.78, 5) is 19.6. The molecule has 1 amide bonds. The van der Waals surface area contributed by atoms with Crippen molar-refractivity contribution in [1.29, 1.82) is 0 Å². The van der Waals surface area contributed by atoms with Crippen LogP contribution in [0.5, 0.6) is 5.75 Å². The van der Waals surface area contributed by atoms with Gasteiger partial charge in [0, 0.05) is 41.6 Å². The molecule has 0 aliphatic carbocycles. The molecule has 0 fully saturated rings. The van der Waals surface area contributed by atoms with Crippen molar-refractivity contribution in [3.63, 3.8) is 0 Å². The van der Waals surface area contributed by atoms with Crippen LogP contribution in [-0.4, -0.2) is 35.7 Å². The number of aliphatic hydroxyl groups excluding tert-OH is 1. The first-order chi connectivity index (χ1) is 23.5. The largest absolute Gasteiger partial charge is 0.494 e. The minimum Gasteiger partial charge on any atom is -0.494 e. The van der Waals surface area contributed by atoms with E-state index in [0.717, 1.165) is 26.7 Å². The van der Waals surface area contributed by atoms with Crippen LogP contribution in [0.25, 0.3) is 11.1 Å².